The average molecular weight is 595 g/mol. The highest BCUT2D eigenvalue weighted by molar-refractivity contribution is 8.26. The van der Waals surface area contributed by atoms with E-state index in [-0.39, 0.29) is 9.23 Å². The summed E-state index contributed by atoms with van der Waals surface area (Å²) in [6.45, 7) is 4.11. The van der Waals surface area contributed by atoms with Crippen molar-refractivity contribution in [1.29, 1.82) is 0 Å². The van der Waals surface area contributed by atoms with Gasteiger partial charge < -0.3 is 28.6 Å². The molecule has 14 heteroatoms. The third-order valence-electron chi connectivity index (χ3n) is 5.75. The van der Waals surface area contributed by atoms with Gasteiger partial charge in [-0.15, -0.1) is 0 Å². The monoisotopic (exact) mass is 594 g/mol. The van der Waals surface area contributed by atoms with Gasteiger partial charge in [-0.25, -0.2) is 0 Å². The fourth-order valence-electron chi connectivity index (χ4n) is 4.13. The molecular weight excluding hydrogens is 564 g/mol. The topological polar surface area (TPSA) is 138 Å². The Labute approximate surface area is 240 Å². The van der Waals surface area contributed by atoms with Crippen molar-refractivity contribution in [3.05, 3.63) is 34.7 Å². The molecule has 40 heavy (non-hydrogen) atoms. The summed E-state index contributed by atoms with van der Waals surface area (Å²) < 4.78 is 27.6. The molecule has 2 saturated heterocycles. The molecule has 2 aliphatic heterocycles. The fraction of sp³-hybridized carbons (Fsp3) is 0.462. The van der Waals surface area contributed by atoms with Crippen LogP contribution in [0, 0.1) is 0 Å². The molecule has 0 saturated carbocycles. The van der Waals surface area contributed by atoms with Gasteiger partial charge in [0.2, 0.25) is 0 Å². The van der Waals surface area contributed by atoms with Crippen LogP contribution in [-0.2, 0) is 47.7 Å². The van der Waals surface area contributed by atoms with Gasteiger partial charge in [-0.3, -0.25) is 28.9 Å². The summed E-state index contributed by atoms with van der Waals surface area (Å²) in [4.78, 5) is 64.6. The molecule has 2 heterocycles. The van der Waals surface area contributed by atoms with Crippen molar-refractivity contribution in [3.8, 4) is 0 Å². The Hall–Kier alpha value is -3.49. The second-order valence-corrected chi connectivity index (χ2v) is 10.8. The zero-order valence-corrected chi connectivity index (χ0v) is 24.4. The highest BCUT2D eigenvalue weighted by atomic mass is 32.2. The van der Waals surface area contributed by atoms with E-state index in [4.69, 9.17) is 35.9 Å². The average Bonchev–Trinajstić information content (AvgIpc) is 3.12. The number of rotatable bonds is 8. The van der Waals surface area contributed by atoms with Crippen LogP contribution in [0.1, 0.15) is 33.3 Å². The van der Waals surface area contributed by atoms with E-state index in [1.165, 1.54) is 6.92 Å². The van der Waals surface area contributed by atoms with Gasteiger partial charge in [0.25, 0.3) is 5.91 Å². The summed E-state index contributed by atoms with van der Waals surface area (Å²) >= 11 is 6.51. The molecule has 1 aromatic rings. The van der Waals surface area contributed by atoms with Crippen molar-refractivity contribution in [3.63, 3.8) is 0 Å². The molecule has 2 fully saturated rings. The van der Waals surface area contributed by atoms with Gasteiger partial charge in [0.1, 0.15) is 12.7 Å². The van der Waals surface area contributed by atoms with Gasteiger partial charge >= 0.3 is 23.9 Å². The first-order chi connectivity index (χ1) is 18.8. The molecule has 0 spiro atoms. The summed E-state index contributed by atoms with van der Waals surface area (Å²) in [7, 11) is 3.82. The van der Waals surface area contributed by atoms with Gasteiger partial charge in [-0.2, -0.15) is 0 Å². The lowest BCUT2D eigenvalue weighted by Gasteiger charge is -2.46. The predicted octanol–water partition coefficient (Wildman–Crippen LogP) is 2.04. The van der Waals surface area contributed by atoms with E-state index in [0.717, 1.165) is 48.7 Å². The van der Waals surface area contributed by atoms with Crippen molar-refractivity contribution < 1.29 is 47.7 Å². The second kappa shape index (κ2) is 13.2. The van der Waals surface area contributed by atoms with Crippen molar-refractivity contribution in [2.75, 3.05) is 25.6 Å². The van der Waals surface area contributed by atoms with Crippen LogP contribution in [0.4, 0.5) is 5.69 Å². The smallest absolute Gasteiger partial charge is 0.303 e. The van der Waals surface area contributed by atoms with Crippen LogP contribution in [0.15, 0.2) is 29.2 Å². The van der Waals surface area contributed by atoms with Crippen LogP contribution < -0.4 is 4.90 Å². The number of anilines is 1. The SMILES string of the molecule is CC(=O)OC[C@@H]1O[C@@H](N2C(=O)/C(=C/c3ccc(N(C)C)cc3)SC2=S)[C@@H](OC(C)=O)[C@@H](OC(C)=O)[C@H]1OC(C)=O. The van der Waals surface area contributed by atoms with Crippen molar-refractivity contribution >= 4 is 69.8 Å². The number of nitrogens with zero attached hydrogens (tertiary/aromatic N) is 2. The Morgan fingerprint density at radius 2 is 1.48 bits per heavy atom. The molecule has 0 aliphatic carbocycles. The molecule has 0 aromatic heterocycles. The highest BCUT2D eigenvalue weighted by Gasteiger charge is 2.56. The Kier molecular flexibility index (Phi) is 10.3. The van der Waals surface area contributed by atoms with Gasteiger partial charge in [0.05, 0.1) is 4.91 Å². The van der Waals surface area contributed by atoms with E-state index in [0.29, 0.717) is 0 Å². The molecule has 0 radical (unpaired) electrons. The number of carbonyl (C=O) groups is 5. The number of amides is 1. The van der Waals surface area contributed by atoms with Gasteiger partial charge in [0.15, 0.2) is 28.9 Å². The summed E-state index contributed by atoms with van der Waals surface area (Å²) in [5.41, 5.74) is 1.72. The lowest BCUT2D eigenvalue weighted by Crippen LogP contribution is -2.66. The maximum Gasteiger partial charge on any atom is 0.303 e. The molecule has 5 atom stereocenters. The standard InChI is InChI=1S/C26H30N2O10S2/c1-13(29)34-12-19-21(35-14(2)30)22(36-15(3)31)23(37-16(4)32)25(38-19)28-24(33)20(40-26(28)39)11-17-7-9-18(10-8-17)27(5)6/h7-11,19,21-23,25H,12H2,1-6H3/b20-11-/t19-,21-,22-,23-,25+/m0/s1. The molecule has 3 rings (SSSR count). The van der Waals surface area contributed by atoms with E-state index in [1.807, 2.05) is 43.3 Å². The quantitative estimate of drug-likeness (QED) is 0.188. The maximum atomic E-state index is 13.6. The fourth-order valence-corrected chi connectivity index (χ4v) is 5.44. The van der Waals surface area contributed by atoms with Crippen LogP contribution in [0.25, 0.3) is 6.08 Å². The number of thiocarbonyl (C=S) groups is 1. The minimum Gasteiger partial charge on any atom is -0.463 e. The van der Waals surface area contributed by atoms with Crippen LogP contribution in [0.5, 0.6) is 0 Å². The predicted molar refractivity (Wildman–Crippen MR) is 148 cm³/mol. The number of ether oxygens (including phenoxy) is 5. The first-order valence-electron chi connectivity index (χ1n) is 12.1. The van der Waals surface area contributed by atoms with E-state index in [9.17, 15) is 24.0 Å². The minimum absolute atomic E-state index is 0.0852. The Morgan fingerprint density at radius 3 is 2.00 bits per heavy atom. The molecular formula is C26H30N2O10S2. The molecule has 0 unspecified atom stereocenters. The third kappa shape index (κ3) is 7.58. The number of carbonyl (C=O) groups excluding carboxylic acids is 5. The van der Waals surface area contributed by atoms with Crippen LogP contribution >= 0.6 is 24.0 Å². The molecule has 1 amide bonds. The number of benzene rings is 1. The summed E-state index contributed by atoms with van der Waals surface area (Å²) in [5.74, 6) is -3.52. The van der Waals surface area contributed by atoms with Gasteiger partial charge in [-0.1, -0.05) is 36.1 Å². The Morgan fingerprint density at radius 1 is 0.925 bits per heavy atom. The van der Waals surface area contributed by atoms with Gasteiger partial charge in [0, 0.05) is 47.5 Å². The van der Waals surface area contributed by atoms with Crippen LogP contribution in [0.3, 0.4) is 0 Å². The largest absolute Gasteiger partial charge is 0.463 e. The minimum atomic E-state index is -1.44. The van der Waals surface area contributed by atoms with Crippen molar-refractivity contribution in [1.82, 2.24) is 4.90 Å². The maximum absolute atomic E-state index is 13.6. The third-order valence-corrected chi connectivity index (χ3v) is 7.08. The van der Waals surface area contributed by atoms with E-state index in [1.54, 1.807) is 6.08 Å². The molecule has 0 N–H and O–H groups in total. The molecule has 1 aromatic carbocycles. The summed E-state index contributed by atoms with van der Waals surface area (Å²) in [6.07, 6.45) is -5.16. The normalized spacial score (nSPS) is 25.4. The summed E-state index contributed by atoms with van der Waals surface area (Å²) in [6, 6.07) is 7.48. The van der Waals surface area contributed by atoms with Crippen molar-refractivity contribution in [2.45, 2.75) is 58.3 Å². The van der Waals surface area contributed by atoms with Crippen LogP contribution in [0.2, 0.25) is 0 Å². The first kappa shape index (κ1) is 31.0. The number of esters is 4. The zero-order chi connectivity index (χ0) is 29.7. The van der Waals surface area contributed by atoms with Crippen LogP contribution in [-0.4, -0.2) is 90.4 Å². The molecule has 2 aliphatic rings. The number of thioether (sulfide) groups is 1. The Bertz CT molecular complexity index is 1220. The first-order valence-corrected chi connectivity index (χ1v) is 13.4. The van der Waals surface area contributed by atoms with E-state index >= 15 is 0 Å². The van der Waals surface area contributed by atoms with Crippen molar-refractivity contribution in [2.24, 2.45) is 0 Å². The second-order valence-electron chi connectivity index (χ2n) is 9.13. The van der Waals surface area contributed by atoms with E-state index in [2.05, 4.69) is 0 Å². The molecule has 0 bridgehead atoms. The van der Waals surface area contributed by atoms with Gasteiger partial charge in [-0.05, 0) is 23.8 Å². The Balaban J connectivity index is 2.03. The highest BCUT2D eigenvalue weighted by Crippen LogP contribution is 2.39. The molecule has 12 nitrogen and oxygen atoms in total. The molecule has 216 valence electrons. The number of hydrogen-bond acceptors (Lipinski definition) is 13. The lowest BCUT2D eigenvalue weighted by molar-refractivity contribution is -0.268. The lowest BCUT2D eigenvalue weighted by atomic mass is 9.96. The zero-order valence-electron chi connectivity index (χ0n) is 22.8. The van der Waals surface area contributed by atoms with E-state index < -0.39 is 67.0 Å². The number of hydrogen-bond donors (Lipinski definition) is 0. The summed E-state index contributed by atoms with van der Waals surface area (Å²) in [5, 5.41) is 0.